The molecule has 1 saturated heterocycles. The van der Waals surface area contributed by atoms with Gasteiger partial charge in [0.25, 0.3) is 0 Å². The SMILES string of the molecule is CCNC(=NCC1(O)CCCCC1)NC1CCN(S(=O)(=O)CC)CC1.I. The molecule has 0 amide bonds. The molecule has 1 saturated carbocycles. The zero-order valence-corrected chi connectivity index (χ0v) is 19.2. The predicted octanol–water partition coefficient (Wildman–Crippen LogP) is 1.67. The molecule has 1 heterocycles. The molecule has 2 rings (SSSR count). The zero-order valence-electron chi connectivity index (χ0n) is 16.0. The molecule has 7 nitrogen and oxygen atoms in total. The van der Waals surface area contributed by atoms with E-state index >= 15 is 0 Å². The van der Waals surface area contributed by atoms with E-state index in [0.29, 0.717) is 19.6 Å². The van der Waals surface area contributed by atoms with Crippen molar-refractivity contribution in [3.05, 3.63) is 0 Å². The van der Waals surface area contributed by atoms with Crippen LogP contribution in [0, 0.1) is 0 Å². The zero-order chi connectivity index (χ0) is 18.3. The highest BCUT2D eigenvalue weighted by molar-refractivity contribution is 14.0. The van der Waals surface area contributed by atoms with Gasteiger partial charge in [0.15, 0.2) is 5.96 Å². The van der Waals surface area contributed by atoms with Gasteiger partial charge in [0, 0.05) is 25.7 Å². The topological polar surface area (TPSA) is 94.0 Å². The van der Waals surface area contributed by atoms with Crippen molar-refractivity contribution in [2.24, 2.45) is 4.99 Å². The van der Waals surface area contributed by atoms with Gasteiger partial charge in [-0.2, -0.15) is 0 Å². The van der Waals surface area contributed by atoms with Crippen molar-refractivity contribution < 1.29 is 13.5 Å². The lowest BCUT2D eigenvalue weighted by molar-refractivity contribution is 0.0131. The van der Waals surface area contributed by atoms with Gasteiger partial charge in [-0.3, -0.25) is 4.99 Å². The molecule has 0 spiro atoms. The summed E-state index contributed by atoms with van der Waals surface area (Å²) in [7, 11) is -3.09. The van der Waals surface area contributed by atoms with Crippen LogP contribution in [0.1, 0.15) is 58.8 Å². The summed E-state index contributed by atoms with van der Waals surface area (Å²) in [6.07, 6.45) is 6.53. The minimum Gasteiger partial charge on any atom is -0.388 e. The summed E-state index contributed by atoms with van der Waals surface area (Å²) in [6, 6.07) is 0.210. The number of hydrogen-bond donors (Lipinski definition) is 3. The Bertz CT molecular complexity index is 542. The van der Waals surface area contributed by atoms with Gasteiger partial charge in [-0.05, 0) is 39.5 Å². The number of hydrogen-bond acceptors (Lipinski definition) is 4. The summed E-state index contributed by atoms with van der Waals surface area (Å²) in [4.78, 5) is 4.60. The lowest BCUT2D eigenvalue weighted by Gasteiger charge is -2.33. The third-order valence-corrected chi connectivity index (χ3v) is 7.09. The Morgan fingerprint density at radius 1 is 1.19 bits per heavy atom. The highest BCUT2D eigenvalue weighted by Crippen LogP contribution is 2.28. The highest BCUT2D eigenvalue weighted by Gasteiger charge is 2.30. The summed E-state index contributed by atoms with van der Waals surface area (Å²) in [5.41, 5.74) is -0.667. The maximum absolute atomic E-state index is 11.9. The van der Waals surface area contributed by atoms with Crippen molar-refractivity contribution in [1.29, 1.82) is 0 Å². The number of aliphatic hydroxyl groups is 1. The second-order valence-corrected chi connectivity index (χ2v) is 9.46. The molecule has 0 aromatic heterocycles. The molecule has 3 N–H and O–H groups in total. The van der Waals surface area contributed by atoms with Crippen molar-refractivity contribution in [3.63, 3.8) is 0 Å². The molecule has 26 heavy (non-hydrogen) atoms. The van der Waals surface area contributed by atoms with Gasteiger partial charge in [-0.25, -0.2) is 12.7 Å². The first-order valence-corrected chi connectivity index (χ1v) is 11.2. The summed E-state index contributed by atoms with van der Waals surface area (Å²) in [5, 5.41) is 17.3. The van der Waals surface area contributed by atoms with E-state index < -0.39 is 15.6 Å². The van der Waals surface area contributed by atoms with Crippen LogP contribution >= 0.6 is 24.0 Å². The molecule has 1 aliphatic carbocycles. The third-order valence-electron chi connectivity index (χ3n) is 5.21. The van der Waals surface area contributed by atoms with E-state index in [4.69, 9.17) is 0 Å². The van der Waals surface area contributed by atoms with Crippen molar-refractivity contribution in [1.82, 2.24) is 14.9 Å². The monoisotopic (exact) mass is 502 g/mol. The number of rotatable bonds is 6. The maximum Gasteiger partial charge on any atom is 0.213 e. The predicted molar refractivity (Wildman–Crippen MR) is 117 cm³/mol. The second kappa shape index (κ2) is 11.0. The maximum atomic E-state index is 11.9. The molecule has 0 bridgehead atoms. The number of piperidine rings is 1. The van der Waals surface area contributed by atoms with E-state index in [1.54, 1.807) is 11.2 Å². The fraction of sp³-hybridized carbons (Fsp3) is 0.941. The second-order valence-electron chi connectivity index (χ2n) is 7.20. The normalized spacial score (nSPS) is 22.5. The van der Waals surface area contributed by atoms with E-state index in [9.17, 15) is 13.5 Å². The Kier molecular flexibility index (Phi) is 10.1. The van der Waals surface area contributed by atoms with E-state index in [0.717, 1.165) is 51.0 Å². The van der Waals surface area contributed by atoms with Crippen LogP contribution in [0.4, 0.5) is 0 Å². The van der Waals surface area contributed by atoms with E-state index in [2.05, 4.69) is 15.6 Å². The Morgan fingerprint density at radius 2 is 1.81 bits per heavy atom. The van der Waals surface area contributed by atoms with Gasteiger partial charge in [0.1, 0.15) is 0 Å². The Labute approximate surface area is 175 Å². The number of sulfonamides is 1. The number of halogens is 1. The first-order valence-electron chi connectivity index (χ1n) is 9.63. The molecule has 0 radical (unpaired) electrons. The van der Waals surface area contributed by atoms with Crippen molar-refractivity contribution >= 4 is 40.0 Å². The smallest absolute Gasteiger partial charge is 0.213 e. The van der Waals surface area contributed by atoms with Crippen LogP contribution in [0.2, 0.25) is 0 Å². The van der Waals surface area contributed by atoms with Gasteiger partial charge < -0.3 is 15.7 Å². The average Bonchev–Trinajstić information content (AvgIpc) is 2.61. The van der Waals surface area contributed by atoms with Crippen molar-refractivity contribution in [2.75, 3.05) is 31.9 Å². The van der Waals surface area contributed by atoms with Crippen molar-refractivity contribution in [2.45, 2.75) is 70.4 Å². The lowest BCUT2D eigenvalue weighted by atomic mass is 9.85. The number of nitrogens with one attached hydrogen (secondary N) is 2. The third kappa shape index (κ3) is 7.12. The Morgan fingerprint density at radius 3 is 2.35 bits per heavy atom. The van der Waals surface area contributed by atoms with Crippen molar-refractivity contribution in [3.8, 4) is 0 Å². The highest BCUT2D eigenvalue weighted by atomic mass is 127. The molecule has 0 unspecified atom stereocenters. The fourth-order valence-corrected chi connectivity index (χ4v) is 4.70. The quantitative estimate of drug-likeness (QED) is 0.292. The number of guanidine groups is 1. The standard InChI is InChI=1S/C17H34N4O3S.HI/c1-3-18-16(19-14-17(22)10-6-5-7-11-17)20-15-8-12-21(13-9-15)25(23,24)4-2;/h15,22H,3-14H2,1-2H3,(H2,18,19,20);1H. The average molecular weight is 502 g/mol. The van der Waals surface area contributed by atoms with Gasteiger partial charge in [0.2, 0.25) is 10.0 Å². The first-order chi connectivity index (χ1) is 11.9. The summed E-state index contributed by atoms with van der Waals surface area (Å²) < 4.78 is 25.5. The Balaban J connectivity index is 0.00000338. The molecule has 0 aromatic rings. The minimum absolute atomic E-state index is 0. The molecule has 2 fully saturated rings. The lowest BCUT2D eigenvalue weighted by Crippen LogP contribution is -2.50. The molecule has 2 aliphatic rings. The molecular weight excluding hydrogens is 467 g/mol. The van der Waals surface area contributed by atoms with Crippen LogP contribution < -0.4 is 10.6 Å². The Hall–Kier alpha value is -0.130. The molecule has 9 heteroatoms. The largest absolute Gasteiger partial charge is 0.388 e. The van der Waals surface area contributed by atoms with Crippen LogP contribution in [0.5, 0.6) is 0 Å². The van der Waals surface area contributed by atoms with Crippen LogP contribution in [-0.4, -0.2) is 67.4 Å². The van der Waals surface area contributed by atoms with E-state index in [1.807, 2.05) is 6.92 Å². The van der Waals surface area contributed by atoms with Gasteiger partial charge in [0.05, 0.1) is 17.9 Å². The van der Waals surface area contributed by atoms with E-state index in [-0.39, 0.29) is 35.8 Å². The van der Waals surface area contributed by atoms with Gasteiger partial charge in [-0.15, -0.1) is 24.0 Å². The number of nitrogens with zero attached hydrogens (tertiary/aromatic N) is 2. The molecule has 1 aliphatic heterocycles. The molecular formula is C17H35IN4O3S. The summed E-state index contributed by atoms with van der Waals surface area (Å²) in [5.74, 6) is 0.881. The number of aliphatic imine (C=N–C) groups is 1. The molecule has 154 valence electrons. The van der Waals surface area contributed by atoms with Crippen LogP contribution in [0.15, 0.2) is 4.99 Å². The van der Waals surface area contributed by atoms with Crippen LogP contribution in [0.25, 0.3) is 0 Å². The van der Waals surface area contributed by atoms with E-state index in [1.165, 1.54) is 6.42 Å². The van der Waals surface area contributed by atoms with Gasteiger partial charge >= 0.3 is 0 Å². The van der Waals surface area contributed by atoms with Gasteiger partial charge in [-0.1, -0.05) is 19.3 Å². The minimum atomic E-state index is -3.09. The summed E-state index contributed by atoms with van der Waals surface area (Å²) >= 11 is 0. The first kappa shape index (κ1) is 23.9. The fourth-order valence-electron chi connectivity index (χ4n) is 3.57. The molecule has 0 aromatic carbocycles. The van der Waals surface area contributed by atoms with Crippen LogP contribution in [0.3, 0.4) is 0 Å². The molecule has 0 atom stereocenters. The van der Waals surface area contributed by atoms with Crippen LogP contribution in [-0.2, 0) is 10.0 Å². The summed E-state index contributed by atoms with van der Waals surface area (Å²) in [6.45, 7) is 5.99.